The van der Waals surface area contributed by atoms with E-state index >= 15 is 0 Å². The summed E-state index contributed by atoms with van der Waals surface area (Å²) in [6.45, 7) is 0. The Balaban J connectivity index is 1.59. The molecule has 0 unspecified atom stereocenters. The van der Waals surface area contributed by atoms with Crippen LogP contribution in [-0.2, 0) is 7.05 Å². The van der Waals surface area contributed by atoms with Crippen LogP contribution in [0.15, 0.2) is 60.8 Å². The summed E-state index contributed by atoms with van der Waals surface area (Å²) in [6.07, 6.45) is 1.65. The number of nitrogens with zero attached hydrogens (tertiary/aromatic N) is 3. The summed E-state index contributed by atoms with van der Waals surface area (Å²) in [6, 6.07) is 14.0. The molecule has 8 heteroatoms. The van der Waals surface area contributed by atoms with Gasteiger partial charge in [-0.15, -0.1) is 0 Å². The summed E-state index contributed by atoms with van der Waals surface area (Å²) in [5.74, 6) is -1.46. The van der Waals surface area contributed by atoms with Crippen LogP contribution < -0.4 is 5.32 Å². The van der Waals surface area contributed by atoms with Crippen molar-refractivity contribution in [3.05, 3.63) is 78.0 Å². The van der Waals surface area contributed by atoms with Gasteiger partial charge in [-0.25, -0.2) is 0 Å². The van der Waals surface area contributed by atoms with Crippen molar-refractivity contribution < 1.29 is 13.6 Å². The van der Waals surface area contributed by atoms with E-state index < -0.39 is 11.7 Å². The second-order valence-electron chi connectivity index (χ2n) is 5.98. The molecule has 4 rings (SSSR count). The quantitative estimate of drug-likeness (QED) is 0.489. The minimum atomic E-state index is -0.583. The molecule has 0 fully saturated rings. The molecule has 1 amide bonds. The van der Waals surface area contributed by atoms with Gasteiger partial charge in [-0.1, -0.05) is 0 Å². The van der Waals surface area contributed by atoms with E-state index in [4.69, 9.17) is 0 Å². The number of carbonyl (C=O) groups is 1. The Morgan fingerprint density at radius 2 is 1.79 bits per heavy atom. The first-order chi connectivity index (χ1) is 13.5. The van der Waals surface area contributed by atoms with Crippen molar-refractivity contribution in [2.24, 2.45) is 7.05 Å². The van der Waals surface area contributed by atoms with Crippen LogP contribution in [0.1, 0.15) is 10.4 Å². The van der Waals surface area contributed by atoms with E-state index in [9.17, 15) is 13.6 Å². The van der Waals surface area contributed by atoms with Crippen molar-refractivity contribution in [2.45, 2.75) is 0 Å². The Kier molecular flexibility index (Phi) is 4.90. The third-order valence-corrected chi connectivity index (χ3v) is 6.09. The van der Waals surface area contributed by atoms with Gasteiger partial charge < -0.3 is 0 Å². The van der Waals surface area contributed by atoms with E-state index in [0.29, 0.717) is 15.9 Å². The fraction of sp³-hybridized carbons (Fsp3) is 0.0500. The van der Waals surface area contributed by atoms with Crippen LogP contribution in [0.25, 0.3) is 21.4 Å². The monoisotopic (exact) mass is 444 g/mol. The summed E-state index contributed by atoms with van der Waals surface area (Å²) in [5.41, 5.74) is 1.70. The maximum absolute atomic E-state index is 14.0. The van der Waals surface area contributed by atoms with Gasteiger partial charge in [0.05, 0.1) is 0 Å². The molecular formula is C20H14F2N4OSe. The summed E-state index contributed by atoms with van der Waals surface area (Å²) < 4.78 is 30.8. The zero-order chi connectivity index (χ0) is 19.7. The molecule has 0 aliphatic rings. The number of amides is 1. The number of hydrogen-bond acceptors (Lipinski definition) is 3. The van der Waals surface area contributed by atoms with Crippen LogP contribution in [0.4, 0.5) is 13.5 Å². The number of halogens is 2. The number of aryl methyl sites for hydroxylation is 1. The fourth-order valence-electron chi connectivity index (χ4n) is 2.76. The number of anilines is 1. The van der Waals surface area contributed by atoms with Gasteiger partial charge >= 0.3 is 165 Å². The third kappa shape index (κ3) is 3.52. The van der Waals surface area contributed by atoms with E-state index in [2.05, 4.69) is 15.4 Å². The molecule has 0 aliphatic heterocycles. The Labute approximate surface area is 165 Å². The van der Waals surface area contributed by atoms with E-state index in [-0.39, 0.29) is 25.9 Å². The van der Waals surface area contributed by atoms with Gasteiger partial charge in [-0.2, -0.15) is 0 Å². The van der Waals surface area contributed by atoms with Crippen molar-refractivity contribution in [3.8, 4) is 21.4 Å². The van der Waals surface area contributed by atoms with E-state index in [1.165, 1.54) is 24.3 Å². The van der Waals surface area contributed by atoms with E-state index in [1.807, 2.05) is 0 Å². The van der Waals surface area contributed by atoms with Crippen LogP contribution in [-0.4, -0.2) is 35.2 Å². The van der Waals surface area contributed by atoms with Gasteiger partial charge in [0, 0.05) is 0 Å². The number of nitrogens with one attached hydrogen (secondary N) is 1. The minimum absolute atomic E-state index is 0.0307. The fourth-order valence-corrected chi connectivity index (χ4v) is 4.56. The first kappa shape index (κ1) is 18.3. The van der Waals surface area contributed by atoms with Gasteiger partial charge in [-0.3, -0.25) is 0 Å². The predicted octanol–water partition coefficient (Wildman–Crippen LogP) is 3.74. The second kappa shape index (κ2) is 7.50. The van der Waals surface area contributed by atoms with E-state index in [1.54, 1.807) is 48.3 Å². The summed E-state index contributed by atoms with van der Waals surface area (Å²) in [7, 11) is 1.77. The Hall–Kier alpha value is -3.09. The van der Waals surface area contributed by atoms with Gasteiger partial charge in [0.2, 0.25) is 0 Å². The molecule has 0 radical (unpaired) electrons. The van der Waals surface area contributed by atoms with Crippen molar-refractivity contribution >= 4 is 25.1 Å². The normalized spacial score (nSPS) is 10.8. The number of aromatic nitrogens is 3. The zero-order valence-electron chi connectivity index (χ0n) is 14.7. The van der Waals surface area contributed by atoms with Crippen LogP contribution in [0.3, 0.4) is 0 Å². The van der Waals surface area contributed by atoms with Crippen LogP contribution in [0, 0.1) is 11.6 Å². The number of hydrogen-bond donors (Lipinski definition) is 1. The molecule has 2 aromatic heterocycles. The van der Waals surface area contributed by atoms with Crippen LogP contribution >= 0.6 is 0 Å². The van der Waals surface area contributed by atoms with Crippen molar-refractivity contribution in [2.75, 3.05) is 5.32 Å². The van der Waals surface area contributed by atoms with E-state index in [0.717, 1.165) is 10.1 Å². The van der Waals surface area contributed by atoms with Crippen molar-refractivity contribution in [1.29, 1.82) is 0 Å². The van der Waals surface area contributed by atoms with Crippen molar-refractivity contribution in [3.63, 3.8) is 0 Å². The first-order valence-corrected chi connectivity index (χ1v) is 10.1. The molecule has 5 nitrogen and oxygen atoms in total. The summed E-state index contributed by atoms with van der Waals surface area (Å²) >= 11 is -0.290. The molecule has 0 atom stereocenters. The number of benzene rings is 2. The zero-order valence-corrected chi connectivity index (χ0v) is 16.4. The molecule has 2 aromatic carbocycles. The summed E-state index contributed by atoms with van der Waals surface area (Å²) in [5, 5.41) is 7.05. The molecule has 28 heavy (non-hydrogen) atoms. The van der Waals surface area contributed by atoms with Gasteiger partial charge in [0.15, 0.2) is 0 Å². The third-order valence-electron chi connectivity index (χ3n) is 4.13. The molecule has 0 aliphatic carbocycles. The molecule has 140 valence electrons. The number of rotatable bonds is 4. The number of carbonyl (C=O) groups excluding carboxylic acids is 1. The van der Waals surface area contributed by atoms with Crippen LogP contribution in [0.2, 0.25) is 0 Å². The first-order valence-electron chi connectivity index (χ1n) is 8.34. The molecule has 4 aromatic rings. The molecule has 0 saturated heterocycles. The molecule has 0 bridgehead atoms. The Morgan fingerprint density at radius 3 is 2.54 bits per heavy atom. The van der Waals surface area contributed by atoms with Gasteiger partial charge in [0.1, 0.15) is 0 Å². The molecule has 2 heterocycles. The van der Waals surface area contributed by atoms with Crippen LogP contribution in [0.5, 0.6) is 0 Å². The molecular weight excluding hydrogens is 429 g/mol. The van der Waals surface area contributed by atoms with Crippen molar-refractivity contribution in [1.82, 2.24) is 14.8 Å². The predicted molar refractivity (Wildman–Crippen MR) is 103 cm³/mol. The topological polar surface area (TPSA) is 59.8 Å². The Bertz CT molecular complexity index is 1170. The average molecular weight is 443 g/mol. The summed E-state index contributed by atoms with van der Waals surface area (Å²) in [4.78, 5) is 16.5. The average Bonchev–Trinajstić information content (AvgIpc) is 3.28. The SMILES string of the molecule is Cn1nc(-c2ccccc2F)cc1-c1cnc(NC(=O)c2ccccc2F)[se]1. The standard InChI is InChI=1S/C20H14F2N4OSe/c1-26-17(10-16(25-26)12-6-2-4-8-14(12)21)18-11-23-20(28-18)24-19(27)13-7-3-5-9-15(13)22/h2-11H,1H3,(H,23,24,27). The molecule has 0 saturated carbocycles. The van der Waals surface area contributed by atoms with Gasteiger partial charge in [0.25, 0.3) is 0 Å². The second-order valence-corrected chi connectivity index (χ2v) is 8.14. The Morgan fingerprint density at radius 1 is 1.07 bits per heavy atom. The molecule has 0 spiro atoms. The maximum atomic E-state index is 14.0. The molecule has 1 N–H and O–H groups in total. The van der Waals surface area contributed by atoms with Gasteiger partial charge in [-0.05, 0) is 0 Å².